The van der Waals surface area contributed by atoms with E-state index in [1.165, 1.54) is 0 Å². The highest BCUT2D eigenvalue weighted by Gasteiger charge is 2.35. The molecule has 4 heterocycles. The topological polar surface area (TPSA) is 119 Å². The molecule has 3 aliphatic rings. The first-order chi connectivity index (χ1) is 18.9. The summed E-state index contributed by atoms with van der Waals surface area (Å²) in [6, 6.07) is 15.2. The van der Waals surface area contributed by atoms with Crippen molar-refractivity contribution in [3.63, 3.8) is 0 Å². The number of carbonyl (C=O) groups excluding carboxylic acids is 3. The molecule has 10 heteroatoms. The average molecular weight is 531 g/mol. The van der Waals surface area contributed by atoms with Crippen LogP contribution in [-0.2, 0) is 11.3 Å². The van der Waals surface area contributed by atoms with Crippen LogP contribution in [0.2, 0.25) is 0 Å². The van der Waals surface area contributed by atoms with E-state index in [9.17, 15) is 14.4 Å². The van der Waals surface area contributed by atoms with Crippen molar-refractivity contribution in [2.24, 2.45) is 0 Å². The third-order valence-corrected chi connectivity index (χ3v) is 6.87. The van der Waals surface area contributed by atoms with Crippen LogP contribution in [0.15, 0.2) is 60.8 Å². The maximum Gasteiger partial charge on any atom is 0.272 e. The van der Waals surface area contributed by atoms with Gasteiger partial charge in [-0.3, -0.25) is 19.4 Å². The van der Waals surface area contributed by atoms with E-state index in [4.69, 9.17) is 14.2 Å². The van der Waals surface area contributed by atoms with Crippen molar-refractivity contribution in [3.05, 3.63) is 83.2 Å². The van der Waals surface area contributed by atoms with Crippen molar-refractivity contribution in [3.8, 4) is 17.2 Å². The molecule has 3 aromatic rings. The summed E-state index contributed by atoms with van der Waals surface area (Å²) < 4.78 is 17.6. The van der Waals surface area contributed by atoms with Crippen LogP contribution in [0.5, 0.6) is 17.2 Å². The van der Waals surface area contributed by atoms with Gasteiger partial charge >= 0.3 is 0 Å². The number of likely N-dealkylation sites (tertiary alicyclic amines) is 1. The number of fused-ring (bicyclic) bond motifs is 7. The summed E-state index contributed by atoms with van der Waals surface area (Å²) in [7, 11) is 1.55. The van der Waals surface area contributed by atoms with Crippen LogP contribution in [0.4, 0.5) is 0 Å². The summed E-state index contributed by atoms with van der Waals surface area (Å²) in [6.07, 6.45) is 1.66. The summed E-state index contributed by atoms with van der Waals surface area (Å²) in [5, 5.41) is 5.89. The van der Waals surface area contributed by atoms with Gasteiger partial charge < -0.3 is 29.7 Å². The molecule has 0 unspecified atom stereocenters. The Morgan fingerprint density at radius 3 is 2.79 bits per heavy atom. The van der Waals surface area contributed by atoms with Crippen LogP contribution in [-0.4, -0.2) is 66.6 Å². The zero-order valence-electron chi connectivity index (χ0n) is 21.8. The van der Waals surface area contributed by atoms with Gasteiger partial charge in [-0.15, -0.1) is 0 Å². The fourth-order valence-electron chi connectivity index (χ4n) is 4.70. The number of hydrogen-bond acceptors (Lipinski definition) is 7. The van der Waals surface area contributed by atoms with Crippen LogP contribution in [0.1, 0.15) is 38.4 Å². The number of aromatic nitrogens is 1. The van der Waals surface area contributed by atoms with E-state index >= 15 is 0 Å². The third kappa shape index (κ3) is 5.95. The van der Waals surface area contributed by atoms with Gasteiger partial charge in [-0.2, -0.15) is 0 Å². The molecule has 2 aromatic carbocycles. The zero-order chi connectivity index (χ0) is 27.4. The van der Waals surface area contributed by atoms with Gasteiger partial charge in [0.05, 0.1) is 13.2 Å². The van der Waals surface area contributed by atoms with Crippen LogP contribution in [0.25, 0.3) is 0 Å². The first kappa shape index (κ1) is 26.0. The molecule has 6 rings (SSSR count). The van der Waals surface area contributed by atoms with Gasteiger partial charge in [-0.25, -0.2) is 0 Å². The molecule has 4 bridgehead atoms. The molecule has 0 saturated carbocycles. The highest BCUT2D eigenvalue weighted by Crippen LogP contribution is 2.28. The van der Waals surface area contributed by atoms with E-state index in [2.05, 4.69) is 15.6 Å². The molecule has 3 aliphatic heterocycles. The summed E-state index contributed by atoms with van der Waals surface area (Å²) in [6.45, 7) is 2.58. The van der Waals surface area contributed by atoms with Crippen LogP contribution >= 0.6 is 0 Å². The second-order valence-corrected chi connectivity index (χ2v) is 9.51. The highest BCUT2D eigenvalue weighted by atomic mass is 16.5. The molecule has 202 valence electrons. The normalized spacial score (nSPS) is 19.5. The number of aryl methyl sites for hydroxylation is 1. The molecule has 2 N–H and O–H groups in total. The Hall–Kier alpha value is -4.60. The van der Waals surface area contributed by atoms with Crippen LogP contribution in [0, 0.1) is 6.92 Å². The van der Waals surface area contributed by atoms with Gasteiger partial charge in [0.2, 0.25) is 0 Å². The lowest BCUT2D eigenvalue weighted by Crippen LogP contribution is -2.58. The summed E-state index contributed by atoms with van der Waals surface area (Å²) >= 11 is 0. The van der Waals surface area contributed by atoms with Gasteiger partial charge in [0.15, 0.2) is 6.61 Å². The number of amides is 3. The minimum absolute atomic E-state index is 0.204. The lowest BCUT2D eigenvalue weighted by Gasteiger charge is -2.38. The van der Waals surface area contributed by atoms with E-state index < -0.39 is 12.1 Å². The van der Waals surface area contributed by atoms with Gasteiger partial charge in [0.25, 0.3) is 17.7 Å². The van der Waals surface area contributed by atoms with Crippen molar-refractivity contribution < 1.29 is 28.6 Å². The number of nitrogens with one attached hydrogen (secondary N) is 2. The summed E-state index contributed by atoms with van der Waals surface area (Å²) in [5.41, 5.74) is 2.29. The molecule has 2 atom stereocenters. The van der Waals surface area contributed by atoms with E-state index in [0.717, 1.165) is 11.1 Å². The molecule has 0 radical (unpaired) electrons. The second kappa shape index (κ2) is 11.4. The first-order valence-electron chi connectivity index (χ1n) is 12.8. The first-order valence-corrected chi connectivity index (χ1v) is 12.8. The number of ether oxygens (including phenoxy) is 3. The Balaban J connectivity index is 1.47. The van der Waals surface area contributed by atoms with E-state index in [1.54, 1.807) is 66.7 Å². The summed E-state index contributed by atoms with van der Waals surface area (Å²) in [4.78, 5) is 44.9. The second-order valence-electron chi connectivity index (χ2n) is 9.51. The van der Waals surface area contributed by atoms with E-state index in [-0.39, 0.29) is 37.4 Å². The van der Waals surface area contributed by atoms with E-state index in [0.29, 0.717) is 41.5 Å². The number of carbonyl (C=O) groups is 3. The highest BCUT2D eigenvalue weighted by molar-refractivity contribution is 5.95. The Morgan fingerprint density at radius 2 is 2.00 bits per heavy atom. The van der Waals surface area contributed by atoms with Crippen LogP contribution < -0.4 is 24.8 Å². The molecule has 1 saturated heterocycles. The predicted molar refractivity (Wildman–Crippen MR) is 142 cm³/mol. The number of benzene rings is 2. The minimum atomic E-state index is -0.505. The maximum atomic E-state index is 13.4. The number of rotatable bonds is 2. The number of pyridine rings is 1. The lowest BCUT2D eigenvalue weighted by molar-refractivity contribution is -0.123. The molecular formula is C29H30N4O6. The van der Waals surface area contributed by atoms with Gasteiger partial charge in [-0.05, 0) is 48.9 Å². The lowest BCUT2D eigenvalue weighted by atomic mass is 10.00. The fraction of sp³-hybridized carbons (Fsp3) is 0.310. The van der Waals surface area contributed by atoms with Gasteiger partial charge in [0, 0.05) is 49.4 Å². The molecule has 3 amide bonds. The Bertz CT molecular complexity index is 1380. The summed E-state index contributed by atoms with van der Waals surface area (Å²) in [5.74, 6) is 0.699. The molecule has 0 aliphatic carbocycles. The number of methoxy groups -OCH3 is 1. The van der Waals surface area contributed by atoms with Crippen molar-refractivity contribution in [1.82, 2.24) is 20.5 Å². The predicted octanol–water partition coefficient (Wildman–Crippen LogP) is 2.50. The van der Waals surface area contributed by atoms with Crippen molar-refractivity contribution in [1.29, 1.82) is 0 Å². The fourth-order valence-corrected chi connectivity index (χ4v) is 4.70. The zero-order valence-corrected chi connectivity index (χ0v) is 21.8. The Morgan fingerprint density at radius 1 is 1.13 bits per heavy atom. The standard InChI is InChI=1S/C29H30N4O6/c1-18-6-7-19-13-25(18)38-17-27(34)31-15-20-8-9-21(14-26(20)37-2)39-24-10-12-33(16-23(24)32-28(19)35)29(36)22-5-3-4-11-30-22/h3-9,11,13-14,23-24H,10,12,15-17H2,1-2H3,(H,31,34)(H,32,35)/t23-,24+/m0/s1. The number of hydrogen-bond donors (Lipinski definition) is 2. The minimum Gasteiger partial charge on any atom is -0.496 e. The molecule has 39 heavy (non-hydrogen) atoms. The van der Waals surface area contributed by atoms with E-state index in [1.807, 2.05) is 13.0 Å². The third-order valence-electron chi connectivity index (χ3n) is 6.87. The number of piperidine rings is 1. The molecule has 10 nitrogen and oxygen atoms in total. The molecule has 1 fully saturated rings. The maximum absolute atomic E-state index is 13.4. The smallest absolute Gasteiger partial charge is 0.272 e. The molecule has 0 spiro atoms. The van der Waals surface area contributed by atoms with Crippen LogP contribution in [0.3, 0.4) is 0 Å². The van der Waals surface area contributed by atoms with Crippen molar-refractivity contribution in [2.45, 2.75) is 32.0 Å². The average Bonchev–Trinajstić information content (AvgIpc) is 2.96. The number of nitrogens with zero attached hydrogens (tertiary/aromatic N) is 2. The molecular weight excluding hydrogens is 500 g/mol. The monoisotopic (exact) mass is 530 g/mol. The largest absolute Gasteiger partial charge is 0.496 e. The van der Waals surface area contributed by atoms with Crippen molar-refractivity contribution in [2.75, 3.05) is 26.8 Å². The van der Waals surface area contributed by atoms with Gasteiger partial charge in [0.1, 0.15) is 29.0 Å². The quantitative estimate of drug-likeness (QED) is 0.523. The SMILES string of the molecule is COc1cc2ccc1CNC(=O)COc1cc(ccc1C)C(=O)N[C@H]1CN(C(=O)c3ccccn3)CC[C@H]1O2. The van der Waals surface area contributed by atoms with Gasteiger partial charge in [-0.1, -0.05) is 12.1 Å². The van der Waals surface area contributed by atoms with Crippen molar-refractivity contribution >= 4 is 17.7 Å². The molecule has 1 aromatic heterocycles. The Kier molecular flexibility index (Phi) is 7.62. The Labute approximate surface area is 226 Å².